The van der Waals surface area contributed by atoms with Gasteiger partial charge in [0.05, 0.1) is 5.25 Å². The van der Waals surface area contributed by atoms with Crippen LogP contribution in [0.15, 0.2) is 36.7 Å². The number of rotatable bonds is 6. The van der Waals surface area contributed by atoms with Gasteiger partial charge in [-0.2, -0.15) is 0 Å². The Morgan fingerprint density at radius 1 is 1.16 bits per heavy atom. The van der Waals surface area contributed by atoms with E-state index in [2.05, 4.69) is 42.1 Å². The molecule has 0 bridgehead atoms. The van der Waals surface area contributed by atoms with Crippen molar-refractivity contribution in [1.29, 1.82) is 0 Å². The highest BCUT2D eigenvalue weighted by Crippen LogP contribution is 2.44. The molecule has 0 spiro atoms. The molecule has 4 amide bonds. The molecule has 2 saturated heterocycles. The van der Waals surface area contributed by atoms with Crippen LogP contribution < -0.4 is 5.32 Å². The zero-order chi connectivity index (χ0) is 26.9. The molecule has 4 heterocycles. The van der Waals surface area contributed by atoms with Crippen LogP contribution in [0.4, 0.5) is 10.5 Å². The lowest BCUT2D eigenvalue weighted by atomic mass is 9.92. The van der Waals surface area contributed by atoms with Gasteiger partial charge in [0.1, 0.15) is 11.2 Å². The van der Waals surface area contributed by atoms with E-state index in [0.29, 0.717) is 26.2 Å². The predicted molar refractivity (Wildman–Crippen MR) is 153 cm³/mol. The zero-order valence-electron chi connectivity index (χ0n) is 22.5. The van der Waals surface area contributed by atoms with E-state index < -0.39 is 5.25 Å². The third-order valence-corrected chi connectivity index (χ3v) is 9.18. The Morgan fingerprint density at radius 2 is 1.92 bits per heavy atom. The van der Waals surface area contributed by atoms with Crippen LogP contribution in [-0.2, 0) is 16.0 Å². The molecular weight excluding hydrogens is 500 g/mol. The maximum absolute atomic E-state index is 13.4. The number of para-hydroxylation sites is 1. The van der Waals surface area contributed by atoms with Crippen LogP contribution in [0.5, 0.6) is 0 Å². The number of H-pyrrole nitrogens is 1. The molecule has 208 valence electrons. The van der Waals surface area contributed by atoms with Gasteiger partial charge in [-0.25, -0.2) is 9.78 Å². The van der Waals surface area contributed by atoms with Crippen molar-refractivity contribution in [2.75, 3.05) is 31.5 Å². The standard InChI is InChI=1S/C28H38N6O3S.2H2/c1-28(2,3)11-17-34-25(36)22(38-26(34)24-29-12-13-30-24)18-23(35)32-14-9-20(10-15-32)33-16-8-19-6-4-5-7-21(19)31-27(33)37;;/h4-7,12-13,20,22,26H,8-11,14-18H2,1-3H3,(H,29,30)(H,31,37);2*1H. The second-order valence-electron chi connectivity index (χ2n) is 11.6. The second kappa shape index (κ2) is 11.0. The fourth-order valence-electron chi connectivity index (χ4n) is 5.48. The smallest absolute Gasteiger partial charge is 0.322 e. The first-order valence-electron chi connectivity index (χ1n) is 13.6. The number of carbonyl (C=O) groups is 3. The third-order valence-electron chi connectivity index (χ3n) is 7.75. The molecule has 9 nitrogen and oxygen atoms in total. The van der Waals surface area contributed by atoms with Gasteiger partial charge in [-0.05, 0) is 42.7 Å². The Labute approximate surface area is 231 Å². The monoisotopic (exact) mass is 542 g/mol. The van der Waals surface area contributed by atoms with Crippen molar-refractivity contribution in [3.63, 3.8) is 0 Å². The van der Waals surface area contributed by atoms with E-state index in [-0.39, 0.29) is 44.0 Å². The molecule has 38 heavy (non-hydrogen) atoms. The van der Waals surface area contributed by atoms with Gasteiger partial charge in [-0.1, -0.05) is 39.0 Å². The fourth-order valence-corrected chi connectivity index (χ4v) is 6.90. The molecule has 3 aliphatic rings. The second-order valence-corrected chi connectivity index (χ2v) is 12.9. The number of nitrogens with zero attached hydrogens (tertiary/aromatic N) is 4. The highest BCUT2D eigenvalue weighted by Gasteiger charge is 2.44. The molecule has 2 aromatic rings. The topological polar surface area (TPSA) is 102 Å². The molecule has 10 heteroatoms. The van der Waals surface area contributed by atoms with Crippen molar-refractivity contribution in [3.8, 4) is 0 Å². The van der Waals surface area contributed by atoms with Gasteiger partial charge in [-0.15, -0.1) is 11.8 Å². The number of nitrogens with one attached hydrogen (secondary N) is 2. The quantitative estimate of drug-likeness (QED) is 0.549. The van der Waals surface area contributed by atoms with Gasteiger partial charge >= 0.3 is 6.03 Å². The molecule has 0 saturated carbocycles. The van der Waals surface area contributed by atoms with E-state index in [9.17, 15) is 14.4 Å². The number of imidazole rings is 1. The summed E-state index contributed by atoms with van der Waals surface area (Å²) < 4.78 is 0. The molecule has 2 atom stereocenters. The van der Waals surface area contributed by atoms with Gasteiger partial charge in [0.25, 0.3) is 0 Å². The van der Waals surface area contributed by atoms with Crippen molar-refractivity contribution in [3.05, 3.63) is 48.0 Å². The summed E-state index contributed by atoms with van der Waals surface area (Å²) in [6.07, 6.45) is 6.85. The SMILES string of the molecule is CC(C)(C)CCN1C(=O)C(CC(=O)N2CCC(N3CCc4ccccc4NC3=O)CC2)SC1c1ncc[nH]1.[HH].[HH]. The van der Waals surface area contributed by atoms with E-state index in [1.807, 2.05) is 32.9 Å². The molecular formula is C28H42N6O3S. The minimum absolute atomic E-state index is 0. The maximum atomic E-state index is 13.4. The molecule has 3 aliphatic heterocycles. The molecule has 1 aromatic heterocycles. The van der Waals surface area contributed by atoms with Gasteiger partial charge < -0.3 is 25.0 Å². The first kappa shape index (κ1) is 26.6. The van der Waals surface area contributed by atoms with E-state index in [1.54, 1.807) is 12.4 Å². The summed E-state index contributed by atoms with van der Waals surface area (Å²) in [7, 11) is 0. The summed E-state index contributed by atoms with van der Waals surface area (Å²) in [6, 6.07) is 7.98. The number of urea groups is 1. The highest BCUT2D eigenvalue weighted by molar-refractivity contribution is 8.01. The number of benzene rings is 1. The largest absolute Gasteiger partial charge is 0.346 e. The lowest BCUT2D eigenvalue weighted by molar-refractivity contribution is -0.137. The van der Waals surface area contributed by atoms with Crippen LogP contribution in [0.2, 0.25) is 0 Å². The average molecular weight is 543 g/mol. The van der Waals surface area contributed by atoms with Crippen molar-refractivity contribution < 1.29 is 17.2 Å². The normalized spacial score (nSPS) is 22.9. The van der Waals surface area contributed by atoms with Gasteiger partial charge in [0.2, 0.25) is 11.8 Å². The predicted octanol–water partition coefficient (Wildman–Crippen LogP) is 4.75. The van der Waals surface area contributed by atoms with Crippen LogP contribution in [-0.4, -0.2) is 80.0 Å². The molecule has 2 unspecified atom stereocenters. The Hall–Kier alpha value is -3.01. The van der Waals surface area contributed by atoms with E-state index in [1.165, 1.54) is 11.8 Å². The summed E-state index contributed by atoms with van der Waals surface area (Å²) >= 11 is 1.52. The number of fused-ring (bicyclic) bond motifs is 1. The van der Waals surface area contributed by atoms with Gasteiger partial charge in [0.15, 0.2) is 0 Å². The summed E-state index contributed by atoms with van der Waals surface area (Å²) in [4.78, 5) is 52.9. The van der Waals surface area contributed by atoms with Crippen LogP contribution in [0.3, 0.4) is 0 Å². The fraction of sp³-hybridized carbons (Fsp3) is 0.571. The Bertz CT molecular complexity index is 1170. The van der Waals surface area contributed by atoms with Crippen LogP contribution in [0.25, 0.3) is 0 Å². The van der Waals surface area contributed by atoms with Crippen LogP contribution in [0.1, 0.15) is 66.1 Å². The van der Waals surface area contributed by atoms with E-state index in [4.69, 9.17) is 0 Å². The number of anilines is 1. The molecule has 1 aromatic carbocycles. The Balaban J connectivity index is 0.00000220. The summed E-state index contributed by atoms with van der Waals surface area (Å²) in [6.45, 7) is 9.01. The molecule has 0 radical (unpaired) electrons. The number of carbonyl (C=O) groups excluding carboxylic acids is 3. The third kappa shape index (κ3) is 5.85. The molecule has 5 rings (SSSR count). The number of thioether (sulfide) groups is 1. The minimum atomic E-state index is -0.412. The summed E-state index contributed by atoms with van der Waals surface area (Å²) in [5.41, 5.74) is 2.14. The number of amides is 4. The average Bonchev–Trinajstić information content (AvgIpc) is 3.48. The zero-order valence-corrected chi connectivity index (χ0v) is 23.3. The highest BCUT2D eigenvalue weighted by atomic mass is 32.2. The van der Waals surface area contributed by atoms with E-state index >= 15 is 0 Å². The lowest BCUT2D eigenvalue weighted by Gasteiger charge is -2.38. The number of aromatic amines is 1. The lowest BCUT2D eigenvalue weighted by Crippen LogP contribution is -2.50. The van der Waals surface area contributed by atoms with Crippen LogP contribution >= 0.6 is 11.8 Å². The van der Waals surface area contributed by atoms with Crippen LogP contribution in [0, 0.1) is 5.41 Å². The van der Waals surface area contributed by atoms with Gasteiger partial charge in [0, 0.05) is 59.6 Å². The first-order chi connectivity index (χ1) is 18.2. The Kier molecular flexibility index (Phi) is 7.70. The summed E-state index contributed by atoms with van der Waals surface area (Å²) in [5.74, 6) is 0.786. The van der Waals surface area contributed by atoms with Crippen molar-refractivity contribution >= 4 is 35.3 Å². The first-order valence-corrected chi connectivity index (χ1v) is 14.5. The molecule has 2 N–H and O–H groups in total. The number of aromatic nitrogens is 2. The number of hydrogen-bond donors (Lipinski definition) is 2. The van der Waals surface area contributed by atoms with Crippen molar-refractivity contribution in [2.45, 2.75) is 69.5 Å². The molecule has 2 fully saturated rings. The Morgan fingerprint density at radius 3 is 2.63 bits per heavy atom. The summed E-state index contributed by atoms with van der Waals surface area (Å²) in [5, 5.41) is 2.44. The number of hydrogen-bond acceptors (Lipinski definition) is 5. The van der Waals surface area contributed by atoms with Gasteiger partial charge in [-0.3, -0.25) is 9.59 Å². The van der Waals surface area contributed by atoms with Crippen molar-refractivity contribution in [2.24, 2.45) is 5.41 Å². The number of piperidine rings is 1. The van der Waals surface area contributed by atoms with Crippen molar-refractivity contribution in [1.82, 2.24) is 24.7 Å². The number of likely N-dealkylation sites (tertiary alicyclic amines) is 1. The molecule has 0 aliphatic carbocycles. The maximum Gasteiger partial charge on any atom is 0.322 e. The minimum Gasteiger partial charge on any atom is -0.346 e. The van der Waals surface area contributed by atoms with E-state index in [0.717, 1.165) is 42.8 Å².